The van der Waals surface area contributed by atoms with E-state index in [9.17, 15) is 67.0 Å². The summed E-state index contributed by atoms with van der Waals surface area (Å²) in [5.41, 5.74) is 13.3. The fourth-order valence-electron chi connectivity index (χ4n) is 12.0. The first-order chi connectivity index (χ1) is 47.2. The van der Waals surface area contributed by atoms with Crippen LogP contribution in [0.1, 0.15) is 133 Å². The third-order valence-corrected chi connectivity index (χ3v) is 18.3. The first kappa shape index (κ1) is 83.5. The Labute approximate surface area is 591 Å². The number of quaternary nitrogens is 2. The summed E-state index contributed by atoms with van der Waals surface area (Å²) in [6, 6.07) is 60.5. The number of carbonyl (C=O) groups is 2. The minimum absolute atomic E-state index is 0.0104. The molecule has 101 heavy (non-hydrogen) atoms. The lowest BCUT2D eigenvalue weighted by Gasteiger charge is -2.44. The van der Waals surface area contributed by atoms with Gasteiger partial charge >= 0.3 is 22.4 Å². The van der Waals surface area contributed by atoms with Gasteiger partial charge in [0, 0.05) is 86.4 Å². The van der Waals surface area contributed by atoms with Gasteiger partial charge in [0.2, 0.25) is 0 Å². The number of halogens is 6. The van der Waals surface area contributed by atoms with Crippen molar-refractivity contribution in [2.45, 2.75) is 125 Å². The summed E-state index contributed by atoms with van der Waals surface area (Å²) in [7, 11) is 5.09. The second kappa shape index (κ2) is 37.2. The summed E-state index contributed by atoms with van der Waals surface area (Å²) in [6.45, 7) is 8.51. The highest BCUT2D eigenvalue weighted by molar-refractivity contribution is 7.87. The summed E-state index contributed by atoms with van der Waals surface area (Å²) in [6.07, 6.45) is -3.81. The molecule has 0 radical (unpaired) electrons. The average Bonchev–Trinajstić information content (AvgIpc) is 0.728. The van der Waals surface area contributed by atoms with Gasteiger partial charge in [0.15, 0.2) is 32.6 Å². The number of aliphatic hydroxyl groups excluding tert-OH is 1. The monoisotopic (exact) mass is 1440 g/mol. The second-order valence-electron chi connectivity index (χ2n) is 27.5. The predicted octanol–water partition coefficient (Wildman–Crippen LogP) is 13.8. The average molecular weight is 1450 g/mol. The number of aromatic nitrogens is 1. The molecule has 0 aliphatic heterocycles. The van der Waals surface area contributed by atoms with E-state index in [1.807, 2.05) is 119 Å². The molecule has 0 fully saturated rings. The van der Waals surface area contributed by atoms with Gasteiger partial charge in [-0.25, -0.2) is 35.6 Å². The number of aliphatic imine (C=N–C) groups is 2. The van der Waals surface area contributed by atoms with Crippen molar-refractivity contribution in [2.75, 3.05) is 74.5 Å². The first-order valence-electron chi connectivity index (χ1n) is 32.9. The normalized spacial score (nSPS) is 18.0. The number of nitrogens with zero attached hydrogens (tertiary/aromatic N) is 6. The van der Waals surface area contributed by atoms with Gasteiger partial charge in [0.1, 0.15) is 13.1 Å². The number of ether oxygens (including phenoxy) is 1. The SMILES string of the molecule is CC(C)N=C=NC(C)C.CN(C)c1ccncc1.C[N+](C)(C)Cc1ccccc1.C[N+](C)(C)Cc1ccccc1.O=C(O)C1CC2c3ccccc3C1c1ccccc12.O=C(OCCC(F)C(F)(F)S(=O)(=O)[O-])C1CC2c3ccccc3C1c1ccccc12.O=S(=O)([O-])C(F)(F)C(F)CCO. The molecule has 4 atom stereocenters. The van der Waals surface area contributed by atoms with Crippen molar-refractivity contribution in [3.8, 4) is 0 Å². The van der Waals surface area contributed by atoms with Crippen molar-refractivity contribution in [1.29, 1.82) is 0 Å². The number of alkyl halides is 6. The number of anilines is 1. The molecule has 7 aromatic rings. The number of carboxylic acid groups (broad SMARTS) is 1. The number of carboxylic acids is 1. The van der Waals surface area contributed by atoms with Gasteiger partial charge in [-0.15, -0.1) is 0 Å². The maximum Gasteiger partial charge on any atom is 0.364 e. The Morgan fingerprint density at radius 1 is 0.554 bits per heavy atom. The van der Waals surface area contributed by atoms with Crippen LogP contribution in [-0.2, 0) is 47.7 Å². The molecule has 4 unspecified atom stereocenters. The zero-order chi connectivity index (χ0) is 75.3. The van der Waals surface area contributed by atoms with Crippen molar-refractivity contribution in [1.82, 2.24) is 4.98 Å². The van der Waals surface area contributed by atoms with E-state index in [2.05, 4.69) is 160 Å². The molecule has 6 aromatic carbocycles. The largest absolute Gasteiger partial charge is 0.743 e. The number of carbonyl (C=O) groups excluding carboxylic acids is 1. The highest BCUT2D eigenvalue weighted by Crippen LogP contribution is 2.57. The zero-order valence-electron chi connectivity index (χ0n) is 59.1. The molecule has 1 aromatic heterocycles. The fourth-order valence-corrected chi connectivity index (χ4v) is 12.9. The molecule has 13 rings (SSSR count). The fraction of sp³-hybridized carbons (Fsp3) is 0.421. The minimum atomic E-state index is -6.15. The van der Waals surface area contributed by atoms with E-state index < -0.39 is 87.0 Å². The Morgan fingerprint density at radius 2 is 0.871 bits per heavy atom. The maximum atomic E-state index is 13.6. The number of benzene rings is 6. The highest BCUT2D eigenvalue weighted by Gasteiger charge is 2.50. The van der Waals surface area contributed by atoms with Crippen molar-refractivity contribution in [2.24, 2.45) is 21.8 Å². The van der Waals surface area contributed by atoms with Crippen LogP contribution >= 0.6 is 0 Å². The van der Waals surface area contributed by atoms with Crippen LogP contribution in [0.4, 0.5) is 32.0 Å². The Morgan fingerprint density at radius 3 is 1.17 bits per heavy atom. The number of pyridine rings is 1. The van der Waals surface area contributed by atoms with Gasteiger partial charge < -0.3 is 37.9 Å². The summed E-state index contributed by atoms with van der Waals surface area (Å²) in [5, 5.41) is 7.48. The maximum absolute atomic E-state index is 13.6. The van der Waals surface area contributed by atoms with E-state index in [0.29, 0.717) is 18.5 Å². The quantitative estimate of drug-likeness (QED) is 0.0267. The number of rotatable bonds is 18. The number of aliphatic carboxylic acids is 1. The summed E-state index contributed by atoms with van der Waals surface area (Å²) >= 11 is 0. The highest BCUT2D eigenvalue weighted by atomic mass is 32.2. The third-order valence-electron chi connectivity index (χ3n) is 16.4. The lowest BCUT2D eigenvalue weighted by molar-refractivity contribution is -0.884. The van der Waals surface area contributed by atoms with Gasteiger partial charge in [-0.2, -0.15) is 17.6 Å². The van der Waals surface area contributed by atoms with Gasteiger partial charge in [-0.05, 0) is 97.2 Å². The number of hydrogen-bond acceptors (Lipinski definition) is 14. The van der Waals surface area contributed by atoms with Crippen molar-refractivity contribution in [3.63, 3.8) is 0 Å². The van der Waals surface area contributed by atoms with Crippen LogP contribution in [0.15, 0.2) is 192 Å². The lowest BCUT2D eigenvalue weighted by atomic mass is 9.59. The van der Waals surface area contributed by atoms with E-state index in [0.717, 1.165) is 50.7 Å². The molecule has 2 N–H and O–H groups in total. The molecule has 6 aliphatic rings. The number of esters is 1. The molecule has 6 aliphatic carbocycles. The van der Waals surface area contributed by atoms with E-state index in [1.54, 1.807) is 12.4 Å². The van der Waals surface area contributed by atoms with Crippen LogP contribution in [0.2, 0.25) is 0 Å². The predicted molar refractivity (Wildman–Crippen MR) is 378 cm³/mol. The van der Waals surface area contributed by atoms with Crippen molar-refractivity contribution < 1.29 is 85.8 Å². The topological polar surface area (TPSA) is 239 Å². The van der Waals surface area contributed by atoms with Gasteiger partial charge in [-0.3, -0.25) is 14.6 Å². The summed E-state index contributed by atoms with van der Waals surface area (Å²) in [4.78, 5) is 38.1. The van der Waals surface area contributed by atoms with E-state index in [-0.39, 0.29) is 29.6 Å². The Bertz CT molecular complexity index is 3910. The Balaban J connectivity index is 0.000000225. The molecule has 0 saturated carbocycles. The van der Waals surface area contributed by atoms with Crippen LogP contribution < -0.4 is 4.90 Å². The molecule has 25 heteroatoms. The molecule has 1 heterocycles. The Hall–Kier alpha value is -8.13. The van der Waals surface area contributed by atoms with E-state index in [4.69, 9.17) is 9.84 Å². The number of hydrogen-bond donors (Lipinski definition) is 2. The van der Waals surface area contributed by atoms with Crippen LogP contribution in [0.3, 0.4) is 0 Å². The lowest BCUT2D eigenvalue weighted by Crippen LogP contribution is -2.40. The van der Waals surface area contributed by atoms with E-state index in [1.165, 1.54) is 39.1 Å². The molecule has 0 saturated heterocycles. The molecule has 17 nitrogen and oxygen atoms in total. The van der Waals surface area contributed by atoms with Crippen molar-refractivity contribution in [3.05, 3.63) is 238 Å². The zero-order valence-corrected chi connectivity index (χ0v) is 60.7. The van der Waals surface area contributed by atoms with Crippen LogP contribution in [0.5, 0.6) is 0 Å². The van der Waals surface area contributed by atoms with E-state index >= 15 is 0 Å². The van der Waals surface area contributed by atoms with Gasteiger partial charge in [0.05, 0.1) is 78.8 Å². The molecule has 4 bridgehead atoms. The molecular formula is C76H94F6N6O11S2. The molecule has 0 spiro atoms. The van der Waals surface area contributed by atoms with Gasteiger partial charge in [-0.1, -0.05) is 158 Å². The molecule has 0 amide bonds. The summed E-state index contributed by atoms with van der Waals surface area (Å²) < 4.78 is 144. The molecule has 548 valence electrons. The summed E-state index contributed by atoms with van der Waals surface area (Å²) in [5.74, 6) is -2.18. The smallest absolute Gasteiger partial charge is 0.364 e. The standard InChI is InChI=1S/C21H19F3O5S.C17H14O2.2C10H16N.C7H10N2.C7H14N2.C4H7F3O4S/c22-18(21(23,24)30(26,27)28)9-10-29-20(25)17-11-16-12-5-1-3-7-14(12)19(17)15-8-4-2-6-13(15)16;18-17(19)15-9-14-10-5-1-3-7-12(10)16(15)13-8-4-2-6-11(13)14;2*1-11(2,3)9-10-7-5-4-6-8-10;1-9(2)7-3-5-8-6-4-7;1-6(2)8-5-9-7(3)4;5-3(1-2-8)4(6,7)12(9,10)11/h1-8,16-19H,9-11H2,(H,26,27,28);1-8,14-16H,9H2,(H,18,19);2*4-8H,9H2,1-3H3;3-6H,1-2H3;6-7H,1-4H3;3,8H,1-2H2,(H,9,10,11)/q;;2*+1;;;/p-2. The Kier molecular flexibility index (Phi) is 30.7. The van der Waals surface area contributed by atoms with Crippen LogP contribution in [-0.4, -0.2) is 173 Å². The second-order valence-corrected chi connectivity index (χ2v) is 30.5. The van der Waals surface area contributed by atoms with Crippen LogP contribution in [0, 0.1) is 11.8 Å². The van der Waals surface area contributed by atoms with Gasteiger partial charge in [0.25, 0.3) is 0 Å². The molecular weight excluding hydrogens is 1350 g/mol. The minimum Gasteiger partial charge on any atom is -0.743 e. The van der Waals surface area contributed by atoms with Crippen LogP contribution in [0.25, 0.3) is 0 Å². The third kappa shape index (κ3) is 24.3. The van der Waals surface area contributed by atoms with Crippen molar-refractivity contribution >= 4 is 43.9 Å². The number of fused-ring (bicyclic) bond motifs is 2. The number of aliphatic hydroxyl groups is 1. The first-order valence-corrected chi connectivity index (χ1v) is 35.7.